The first-order chi connectivity index (χ1) is 24.7. The van der Waals surface area contributed by atoms with Gasteiger partial charge < -0.3 is 48.6 Å². The molecule has 0 radical (unpaired) electrons. The Kier molecular flexibility index (Phi) is 9.72. The topological polar surface area (TPSA) is 222 Å². The molecule has 16 heteroatoms. The maximum absolute atomic E-state index is 13.5. The Morgan fingerprint density at radius 1 is 0.962 bits per heavy atom. The van der Waals surface area contributed by atoms with Gasteiger partial charge in [0.25, 0.3) is 0 Å². The molecule has 0 unspecified atom stereocenters. The first-order valence-corrected chi connectivity index (χ1v) is 16.5. The number of carboxylic acid groups (broad SMARTS) is 2. The molecule has 3 N–H and O–H groups in total. The highest BCUT2D eigenvalue weighted by atomic mass is 16.6. The van der Waals surface area contributed by atoms with Crippen LogP contribution in [0.2, 0.25) is 0 Å². The van der Waals surface area contributed by atoms with Crippen molar-refractivity contribution in [3.05, 3.63) is 71.0 Å². The summed E-state index contributed by atoms with van der Waals surface area (Å²) in [5, 5.41) is 30.8. The molecule has 2 bridgehead atoms. The largest absolute Gasteiger partial charge is 0.493 e. The number of benzene rings is 2. The van der Waals surface area contributed by atoms with Crippen LogP contribution in [-0.4, -0.2) is 107 Å². The van der Waals surface area contributed by atoms with Crippen LogP contribution in [0.3, 0.4) is 0 Å². The predicted octanol–water partition coefficient (Wildman–Crippen LogP) is 1.59. The lowest BCUT2D eigenvalue weighted by Crippen LogP contribution is -2.74. The van der Waals surface area contributed by atoms with Crippen molar-refractivity contribution in [1.82, 2.24) is 4.90 Å². The zero-order chi connectivity index (χ0) is 37.5. The summed E-state index contributed by atoms with van der Waals surface area (Å²) in [6.07, 6.45) is -6.14. The fourth-order valence-electron chi connectivity index (χ4n) is 7.90. The molecule has 2 heterocycles. The molecule has 0 aromatic heterocycles. The van der Waals surface area contributed by atoms with Crippen molar-refractivity contribution < 1.29 is 72.5 Å². The van der Waals surface area contributed by atoms with Crippen molar-refractivity contribution in [3.63, 3.8) is 0 Å². The molecule has 52 heavy (non-hydrogen) atoms. The summed E-state index contributed by atoms with van der Waals surface area (Å²) in [4.78, 5) is 77.0. The highest BCUT2D eigenvalue weighted by molar-refractivity contribution is 5.88. The Hall–Kier alpha value is -5.48. The molecular weight excluding hydrogens is 686 g/mol. The molecule has 1 spiro atoms. The van der Waals surface area contributed by atoms with Gasteiger partial charge in [0.2, 0.25) is 18.3 Å². The highest BCUT2D eigenvalue weighted by Gasteiger charge is 2.72. The van der Waals surface area contributed by atoms with Gasteiger partial charge in [-0.1, -0.05) is 36.4 Å². The average molecular weight is 724 g/mol. The number of likely N-dealkylation sites (tertiary alicyclic amines) is 1. The van der Waals surface area contributed by atoms with Gasteiger partial charge in [0.1, 0.15) is 5.76 Å². The summed E-state index contributed by atoms with van der Waals surface area (Å²) in [6.45, 7) is 1.61. The third-order valence-corrected chi connectivity index (χ3v) is 10.2. The quantitative estimate of drug-likeness (QED) is 0.197. The number of hydrogen-bond donors (Lipinski definition) is 3. The van der Waals surface area contributed by atoms with Crippen molar-refractivity contribution in [2.75, 3.05) is 20.7 Å². The summed E-state index contributed by atoms with van der Waals surface area (Å²) in [7, 11) is 3.45. The number of carboxylic acids is 2. The van der Waals surface area contributed by atoms with Gasteiger partial charge in [0.05, 0.1) is 31.0 Å². The molecule has 16 nitrogen and oxygen atoms in total. The van der Waals surface area contributed by atoms with Crippen LogP contribution in [-0.2, 0) is 59.6 Å². The van der Waals surface area contributed by atoms with Crippen molar-refractivity contribution >= 4 is 35.8 Å². The Morgan fingerprint density at radius 2 is 1.69 bits per heavy atom. The standard InChI is InChI=1S/C36H37NO15/c1-18(38)48-24(33(44)52-29(19-7-5-4-6-8-19)34(45)50-23(32(42)43)16-26(39)40)17-27(41)49-22-11-12-36(46)25-15-20-9-10-21(47-3)30-28(20)35(36,31(22)51-30)13-14-37(25)2/h4-11,23-25,29,31,46H,12-17H2,1-3H3,(H,39,40)(H,42,43)/t23-,24+,25+,29+,31+,35+,36-/m1/s1. The Bertz CT molecular complexity index is 1840. The minimum Gasteiger partial charge on any atom is -0.493 e. The van der Waals surface area contributed by atoms with Crippen LogP contribution >= 0.6 is 0 Å². The van der Waals surface area contributed by atoms with Crippen molar-refractivity contribution in [2.24, 2.45) is 0 Å². The van der Waals surface area contributed by atoms with Crippen molar-refractivity contribution in [1.29, 1.82) is 0 Å². The Morgan fingerprint density at radius 3 is 2.35 bits per heavy atom. The van der Waals surface area contributed by atoms with Gasteiger partial charge in [-0.25, -0.2) is 14.4 Å². The van der Waals surface area contributed by atoms with Crippen LogP contribution in [0.5, 0.6) is 11.5 Å². The van der Waals surface area contributed by atoms with Gasteiger partial charge in [-0.2, -0.15) is 0 Å². The smallest absolute Gasteiger partial charge is 0.353 e. The van der Waals surface area contributed by atoms with Crippen molar-refractivity contribution in [3.8, 4) is 11.5 Å². The van der Waals surface area contributed by atoms with Crippen LogP contribution in [0.4, 0.5) is 0 Å². The lowest BCUT2D eigenvalue weighted by Gasteiger charge is -2.61. The summed E-state index contributed by atoms with van der Waals surface area (Å²) in [5.74, 6) is -7.14. The minimum atomic E-state index is -2.11. The minimum absolute atomic E-state index is 0.0141. The van der Waals surface area contributed by atoms with Gasteiger partial charge in [0, 0.05) is 30.5 Å². The summed E-state index contributed by atoms with van der Waals surface area (Å²) >= 11 is 0. The number of nitrogens with zero attached hydrogens (tertiary/aromatic N) is 1. The second kappa shape index (κ2) is 13.9. The number of esters is 4. The first kappa shape index (κ1) is 36.3. The van der Waals surface area contributed by atoms with E-state index >= 15 is 0 Å². The molecule has 7 atom stereocenters. The molecule has 2 aliphatic heterocycles. The van der Waals surface area contributed by atoms with Gasteiger partial charge in [0.15, 0.2) is 17.6 Å². The molecule has 1 saturated heterocycles. The number of methoxy groups -OCH3 is 1. The summed E-state index contributed by atoms with van der Waals surface area (Å²) < 4.78 is 33.2. The summed E-state index contributed by atoms with van der Waals surface area (Å²) in [5.41, 5.74) is -0.466. The summed E-state index contributed by atoms with van der Waals surface area (Å²) in [6, 6.07) is 10.7. The van der Waals surface area contributed by atoms with Crippen molar-refractivity contribution in [2.45, 2.75) is 80.5 Å². The number of aliphatic carboxylic acids is 2. The van der Waals surface area contributed by atoms with E-state index in [2.05, 4.69) is 4.90 Å². The molecular formula is C36H37NO15. The Labute approximate surface area is 296 Å². The van der Waals surface area contributed by atoms with Gasteiger partial charge >= 0.3 is 35.8 Å². The third kappa shape index (κ3) is 6.21. The van der Waals surface area contributed by atoms with Gasteiger partial charge in [-0.3, -0.25) is 14.4 Å². The van der Waals surface area contributed by atoms with Crippen LogP contribution in [0.15, 0.2) is 54.3 Å². The van der Waals surface area contributed by atoms with Crippen LogP contribution in [0.1, 0.15) is 55.4 Å². The first-order valence-electron chi connectivity index (χ1n) is 16.5. The number of piperidine rings is 1. The fraction of sp³-hybridized carbons (Fsp3) is 0.444. The van der Waals surface area contributed by atoms with E-state index in [1.807, 2.05) is 13.1 Å². The van der Waals surface area contributed by atoms with E-state index < -0.39 is 84.1 Å². The zero-order valence-corrected chi connectivity index (χ0v) is 28.4. The number of ether oxygens (including phenoxy) is 6. The Balaban J connectivity index is 1.24. The number of carbonyl (C=O) groups is 6. The van der Waals surface area contributed by atoms with E-state index in [9.17, 15) is 39.0 Å². The monoisotopic (exact) mass is 723 g/mol. The molecule has 0 amide bonds. The van der Waals surface area contributed by atoms with Gasteiger partial charge in [-0.05, 0) is 44.1 Å². The second-order valence-corrected chi connectivity index (χ2v) is 13.2. The number of rotatable bonds is 13. The molecule has 1 fully saturated rings. The maximum Gasteiger partial charge on any atom is 0.353 e. The molecule has 2 aromatic rings. The van der Waals surface area contributed by atoms with Crippen LogP contribution < -0.4 is 9.47 Å². The van der Waals surface area contributed by atoms with Crippen LogP contribution in [0, 0.1) is 0 Å². The SMILES string of the molecule is COc1ccc2c3c1O[C@H]1C(OC(=O)C[C@H](OC(C)=O)C(=O)O[C@H](C(=O)O[C@H](CC(=O)O)C(=O)O)c4ccccc4)=CC[C@@]4(O)[C@H](C2)N(C)CC[C@]314. The molecule has 4 aliphatic rings. The highest BCUT2D eigenvalue weighted by Crippen LogP contribution is 2.65. The average Bonchev–Trinajstić information content (AvgIpc) is 3.45. The third-order valence-electron chi connectivity index (χ3n) is 10.2. The number of likely N-dealkylation sites (N-methyl/N-ethyl adjacent to an activating group) is 1. The lowest BCUT2D eigenvalue weighted by atomic mass is 9.50. The molecule has 2 aromatic carbocycles. The maximum atomic E-state index is 13.5. The number of carbonyl (C=O) groups excluding carboxylic acids is 4. The lowest BCUT2D eigenvalue weighted by molar-refractivity contribution is -0.186. The van der Waals surface area contributed by atoms with E-state index in [0.29, 0.717) is 30.9 Å². The second-order valence-electron chi connectivity index (χ2n) is 13.2. The predicted molar refractivity (Wildman–Crippen MR) is 173 cm³/mol. The molecule has 6 rings (SSSR count). The van der Waals surface area contributed by atoms with Gasteiger partial charge in [-0.15, -0.1) is 0 Å². The van der Waals surface area contributed by atoms with E-state index in [0.717, 1.165) is 18.1 Å². The van der Waals surface area contributed by atoms with E-state index in [1.54, 1.807) is 18.2 Å². The number of hydrogen-bond acceptors (Lipinski definition) is 14. The fourth-order valence-corrected chi connectivity index (χ4v) is 7.90. The molecule has 2 aliphatic carbocycles. The van der Waals surface area contributed by atoms with E-state index in [-0.39, 0.29) is 23.8 Å². The van der Waals surface area contributed by atoms with E-state index in [1.165, 1.54) is 31.4 Å². The zero-order valence-electron chi connectivity index (χ0n) is 28.4. The van der Waals surface area contributed by atoms with Crippen LogP contribution in [0.25, 0.3) is 0 Å². The van der Waals surface area contributed by atoms with E-state index in [4.69, 9.17) is 33.5 Å². The normalized spacial score (nSPS) is 25.5. The molecule has 0 saturated carbocycles. The molecule has 276 valence electrons. The number of aliphatic hydroxyl groups is 1.